The van der Waals surface area contributed by atoms with Gasteiger partial charge in [0.15, 0.2) is 0 Å². The van der Waals surface area contributed by atoms with Gasteiger partial charge in [0.25, 0.3) is 0 Å². The van der Waals surface area contributed by atoms with Gasteiger partial charge in [0.05, 0.1) is 0 Å². The Bertz CT molecular complexity index is 237. The van der Waals surface area contributed by atoms with Gasteiger partial charge in [-0.25, -0.2) is 9.59 Å². The standard InChI is InChI=1S/C9H17NO4S/c1-9(2,3)14-8(13)10-6(4-5-15)7(11)12/h6,15H,4-5H2,1-3H3,(H,10,13)(H,11,12)/t6-/m1/s1. The molecule has 0 unspecified atom stereocenters. The highest BCUT2D eigenvalue weighted by Gasteiger charge is 2.22. The van der Waals surface area contributed by atoms with Crippen molar-refractivity contribution >= 4 is 24.7 Å². The van der Waals surface area contributed by atoms with Gasteiger partial charge in [0.1, 0.15) is 11.6 Å². The van der Waals surface area contributed by atoms with E-state index in [1.54, 1.807) is 20.8 Å². The second kappa shape index (κ2) is 5.85. The van der Waals surface area contributed by atoms with Crippen LogP contribution in [0.2, 0.25) is 0 Å². The van der Waals surface area contributed by atoms with Gasteiger partial charge in [-0.1, -0.05) is 0 Å². The third kappa shape index (κ3) is 7.07. The van der Waals surface area contributed by atoms with E-state index in [4.69, 9.17) is 9.84 Å². The number of alkyl carbamates (subject to hydrolysis) is 1. The van der Waals surface area contributed by atoms with Crippen LogP contribution in [0.3, 0.4) is 0 Å². The molecule has 0 radical (unpaired) electrons. The fourth-order valence-corrected chi connectivity index (χ4v) is 1.09. The molecule has 2 N–H and O–H groups in total. The topological polar surface area (TPSA) is 75.6 Å². The Morgan fingerprint density at radius 2 is 2.00 bits per heavy atom. The summed E-state index contributed by atoms with van der Waals surface area (Å²) in [5.41, 5.74) is -0.631. The largest absolute Gasteiger partial charge is 0.480 e. The average molecular weight is 235 g/mol. The molecule has 0 bridgehead atoms. The number of hydrogen-bond donors (Lipinski definition) is 3. The molecule has 0 spiro atoms. The molecule has 6 heteroatoms. The van der Waals surface area contributed by atoms with E-state index in [0.717, 1.165) is 0 Å². The Kier molecular flexibility index (Phi) is 5.49. The van der Waals surface area contributed by atoms with Crippen LogP contribution in [-0.2, 0) is 9.53 Å². The molecule has 0 saturated heterocycles. The van der Waals surface area contributed by atoms with Crippen LogP contribution in [0, 0.1) is 0 Å². The minimum atomic E-state index is -1.09. The molecular weight excluding hydrogens is 218 g/mol. The molecule has 0 aromatic carbocycles. The molecule has 0 aromatic rings. The van der Waals surface area contributed by atoms with Crippen molar-refractivity contribution in [3.63, 3.8) is 0 Å². The maximum atomic E-state index is 11.2. The maximum absolute atomic E-state index is 11.2. The van der Waals surface area contributed by atoms with Crippen LogP contribution in [0.5, 0.6) is 0 Å². The van der Waals surface area contributed by atoms with Gasteiger partial charge in [-0.05, 0) is 32.9 Å². The molecular formula is C9H17NO4S. The summed E-state index contributed by atoms with van der Waals surface area (Å²) in [4.78, 5) is 21.9. The van der Waals surface area contributed by atoms with Gasteiger partial charge in [0, 0.05) is 0 Å². The number of rotatable bonds is 4. The molecule has 0 aliphatic heterocycles. The second-order valence-electron chi connectivity index (χ2n) is 4.05. The molecule has 0 aliphatic carbocycles. The van der Waals surface area contributed by atoms with Crippen molar-refractivity contribution in [2.45, 2.75) is 38.8 Å². The summed E-state index contributed by atoms with van der Waals surface area (Å²) in [6, 6.07) is -0.947. The first kappa shape index (κ1) is 14.1. The van der Waals surface area contributed by atoms with Crippen molar-refractivity contribution < 1.29 is 19.4 Å². The fraction of sp³-hybridized carbons (Fsp3) is 0.778. The third-order valence-electron chi connectivity index (χ3n) is 1.41. The Hall–Kier alpha value is -0.910. The van der Waals surface area contributed by atoms with E-state index in [9.17, 15) is 9.59 Å². The predicted octanol–water partition coefficient (Wildman–Crippen LogP) is 1.28. The quantitative estimate of drug-likeness (QED) is 0.642. The Morgan fingerprint density at radius 3 is 2.33 bits per heavy atom. The Balaban J connectivity index is 4.18. The van der Waals surface area contributed by atoms with Crippen molar-refractivity contribution in [3.05, 3.63) is 0 Å². The van der Waals surface area contributed by atoms with E-state index in [-0.39, 0.29) is 6.42 Å². The number of carbonyl (C=O) groups is 2. The third-order valence-corrected chi connectivity index (χ3v) is 1.67. The molecule has 0 aliphatic rings. The van der Waals surface area contributed by atoms with Crippen LogP contribution in [0.4, 0.5) is 4.79 Å². The van der Waals surface area contributed by atoms with Crippen molar-refractivity contribution in [1.82, 2.24) is 5.32 Å². The highest BCUT2D eigenvalue weighted by Crippen LogP contribution is 2.07. The summed E-state index contributed by atoms with van der Waals surface area (Å²) in [5.74, 6) is -0.706. The first-order valence-corrected chi connectivity index (χ1v) is 5.22. The SMILES string of the molecule is CC(C)(C)OC(=O)N[C@H](CCS)C(=O)O. The number of hydrogen-bond acceptors (Lipinski definition) is 4. The lowest BCUT2D eigenvalue weighted by atomic mass is 10.2. The number of amides is 1. The van der Waals surface area contributed by atoms with E-state index in [1.165, 1.54) is 0 Å². The normalized spacial score (nSPS) is 13.1. The average Bonchev–Trinajstić information content (AvgIpc) is 1.99. The molecule has 0 heterocycles. The molecule has 88 valence electrons. The molecule has 0 rings (SSSR count). The predicted molar refractivity (Wildman–Crippen MR) is 59.3 cm³/mol. The van der Waals surface area contributed by atoms with E-state index >= 15 is 0 Å². The molecule has 0 fully saturated rings. The molecule has 5 nitrogen and oxygen atoms in total. The van der Waals surface area contributed by atoms with Crippen molar-refractivity contribution in [2.24, 2.45) is 0 Å². The van der Waals surface area contributed by atoms with E-state index in [1.807, 2.05) is 0 Å². The first-order chi connectivity index (χ1) is 6.76. The summed E-state index contributed by atoms with van der Waals surface area (Å²) in [5, 5.41) is 11.0. The molecule has 0 saturated carbocycles. The van der Waals surface area contributed by atoms with Crippen LogP contribution >= 0.6 is 12.6 Å². The van der Waals surface area contributed by atoms with Gasteiger partial charge in [-0.2, -0.15) is 12.6 Å². The van der Waals surface area contributed by atoms with Crippen LogP contribution < -0.4 is 5.32 Å². The smallest absolute Gasteiger partial charge is 0.408 e. The van der Waals surface area contributed by atoms with Crippen LogP contribution in [0.15, 0.2) is 0 Å². The van der Waals surface area contributed by atoms with E-state index in [2.05, 4.69) is 17.9 Å². The molecule has 1 atom stereocenters. The van der Waals surface area contributed by atoms with Crippen molar-refractivity contribution in [1.29, 1.82) is 0 Å². The minimum absolute atomic E-state index is 0.262. The van der Waals surface area contributed by atoms with Crippen LogP contribution in [0.1, 0.15) is 27.2 Å². The van der Waals surface area contributed by atoms with Crippen molar-refractivity contribution in [3.8, 4) is 0 Å². The summed E-state index contributed by atoms with van der Waals surface area (Å²) in [6.07, 6.45) is -0.464. The summed E-state index contributed by atoms with van der Waals surface area (Å²) in [6.45, 7) is 5.13. The maximum Gasteiger partial charge on any atom is 0.408 e. The lowest BCUT2D eigenvalue weighted by molar-refractivity contribution is -0.139. The monoisotopic (exact) mass is 235 g/mol. The highest BCUT2D eigenvalue weighted by atomic mass is 32.1. The number of ether oxygens (including phenoxy) is 1. The molecule has 15 heavy (non-hydrogen) atoms. The first-order valence-electron chi connectivity index (χ1n) is 4.59. The zero-order valence-electron chi connectivity index (χ0n) is 9.11. The minimum Gasteiger partial charge on any atom is -0.480 e. The summed E-state index contributed by atoms with van der Waals surface area (Å²) < 4.78 is 4.93. The molecule has 0 aromatic heterocycles. The van der Waals surface area contributed by atoms with Gasteiger partial charge < -0.3 is 15.2 Å². The zero-order chi connectivity index (χ0) is 12.1. The number of carboxylic acid groups (broad SMARTS) is 1. The number of thiol groups is 1. The fourth-order valence-electron chi connectivity index (χ4n) is 0.836. The molecule has 1 amide bonds. The van der Waals surface area contributed by atoms with Gasteiger partial charge in [-0.15, -0.1) is 0 Å². The second-order valence-corrected chi connectivity index (χ2v) is 4.50. The number of carboxylic acids is 1. The van der Waals surface area contributed by atoms with E-state index < -0.39 is 23.7 Å². The lowest BCUT2D eigenvalue weighted by Crippen LogP contribution is -2.43. The zero-order valence-corrected chi connectivity index (χ0v) is 10.0. The van der Waals surface area contributed by atoms with Gasteiger partial charge >= 0.3 is 12.1 Å². The number of carbonyl (C=O) groups excluding carboxylic acids is 1. The van der Waals surface area contributed by atoms with Crippen molar-refractivity contribution in [2.75, 3.05) is 5.75 Å². The highest BCUT2D eigenvalue weighted by molar-refractivity contribution is 7.80. The Labute approximate surface area is 94.6 Å². The summed E-state index contributed by atoms with van der Waals surface area (Å²) in [7, 11) is 0. The van der Waals surface area contributed by atoms with E-state index in [0.29, 0.717) is 5.75 Å². The summed E-state index contributed by atoms with van der Waals surface area (Å²) >= 11 is 3.91. The van der Waals surface area contributed by atoms with Gasteiger partial charge in [-0.3, -0.25) is 0 Å². The van der Waals surface area contributed by atoms with Gasteiger partial charge in [0.2, 0.25) is 0 Å². The number of nitrogens with one attached hydrogen (secondary N) is 1. The Morgan fingerprint density at radius 1 is 1.47 bits per heavy atom. The van der Waals surface area contributed by atoms with Crippen LogP contribution in [-0.4, -0.2) is 34.6 Å². The van der Waals surface area contributed by atoms with Crippen LogP contribution in [0.25, 0.3) is 0 Å². The number of aliphatic carboxylic acids is 1. The lowest BCUT2D eigenvalue weighted by Gasteiger charge is -2.21.